The monoisotopic (exact) mass is 269 g/mol. The minimum Gasteiger partial charge on any atom is -0.466 e. The van der Waals surface area contributed by atoms with E-state index in [4.69, 9.17) is 0 Å². The van der Waals surface area contributed by atoms with Crippen molar-refractivity contribution in [2.24, 2.45) is 0 Å². The van der Waals surface area contributed by atoms with Crippen LogP contribution in [0.5, 0.6) is 0 Å². The molecule has 0 fully saturated rings. The fraction of sp³-hybridized carbons (Fsp3) is 0.357. The lowest BCUT2D eigenvalue weighted by atomic mass is 10.2. The van der Waals surface area contributed by atoms with Gasteiger partial charge < -0.3 is 10.1 Å². The number of hydrogen-bond donors (Lipinski definition) is 1. The molecule has 0 unspecified atom stereocenters. The highest BCUT2D eigenvalue weighted by molar-refractivity contribution is 5.88. The molecule has 5 heteroatoms. The minimum absolute atomic E-state index is 0.0691. The Hall–Kier alpha value is -1.91. The first-order valence-corrected chi connectivity index (χ1v) is 5.96. The fourth-order valence-electron chi connectivity index (χ4n) is 1.57. The van der Waals surface area contributed by atoms with Crippen LogP contribution in [0.4, 0.5) is 14.5 Å². The molecule has 19 heavy (non-hydrogen) atoms. The van der Waals surface area contributed by atoms with Gasteiger partial charge in [0.25, 0.3) is 0 Å². The summed E-state index contributed by atoms with van der Waals surface area (Å²) >= 11 is 0. The number of nitrogens with one attached hydrogen (secondary N) is 1. The Balaban J connectivity index is 2.74. The maximum absolute atomic E-state index is 13.5. The van der Waals surface area contributed by atoms with Gasteiger partial charge in [-0.2, -0.15) is 0 Å². The van der Waals surface area contributed by atoms with Crippen LogP contribution in [0.25, 0.3) is 0 Å². The fourth-order valence-corrected chi connectivity index (χ4v) is 1.57. The Kier molecular flexibility index (Phi) is 5.48. The van der Waals surface area contributed by atoms with Crippen molar-refractivity contribution in [1.82, 2.24) is 0 Å². The molecule has 0 aliphatic carbocycles. The van der Waals surface area contributed by atoms with Crippen molar-refractivity contribution in [2.75, 3.05) is 19.0 Å². The highest BCUT2D eigenvalue weighted by Gasteiger charge is 2.08. The summed E-state index contributed by atoms with van der Waals surface area (Å²) in [7, 11) is 1.30. The van der Waals surface area contributed by atoms with E-state index in [2.05, 4.69) is 10.1 Å². The molecule has 0 amide bonds. The topological polar surface area (TPSA) is 38.3 Å². The van der Waals surface area contributed by atoms with E-state index in [1.54, 1.807) is 6.08 Å². The molecule has 3 nitrogen and oxygen atoms in total. The Labute approximate surface area is 111 Å². The molecule has 1 aromatic rings. The second kappa shape index (κ2) is 6.87. The van der Waals surface area contributed by atoms with Crippen LogP contribution < -0.4 is 5.32 Å². The van der Waals surface area contributed by atoms with Gasteiger partial charge in [-0.15, -0.1) is 0 Å². The number of aryl methyl sites for hydroxylation is 1. The van der Waals surface area contributed by atoms with Gasteiger partial charge in [0.15, 0.2) is 0 Å². The second-order valence-corrected chi connectivity index (χ2v) is 4.04. The largest absolute Gasteiger partial charge is 0.466 e. The van der Waals surface area contributed by atoms with E-state index in [-0.39, 0.29) is 17.8 Å². The number of methoxy groups -OCH3 is 1. The smallest absolute Gasteiger partial charge is 0.333 e. The minimum atomic E-state index is -0.525. The Morgan fingerprint density at radius 2 is 2.05 bits per heavy atom. The molecule has 1 N–H and O–H groups in total. The van der Waals surface area contributed by atoms with Gasteiger partial charge in [-0.25, -0.2) is 13.6 Å². The third kappa shape index (κ3) is 4.05. The zero-order valence-electron chi connectivity index (χ0n) is 11.2. The Bertz CT molecular complexity index is 498. The summed E-state index contributed by atoms with van der Waals surface area (Å²) < 4.78 is 31.4. The number of benzene rings is 1. The van der Waals surface area contributed by atoms with Gasteiger partial charge in [-0.1, -0.05) is 13.0 Å². The summed E-state index contributed by atoms with van der Waals surface area (Å²) in [6, 6.07) is 2.23. The van der Waals surface area contributed by atoms with Crippen molar-refractivity contribution in [3.8, 4) is 0 Å². The molecule has 0 aromatic heterocycles. The van der Waals surface area contributed by atoms with E-state index in [9.17, 15) is 13.6 Å². The lowest BCUT2D eigenvalue weighted by Gasteiger charge is -2.08. The Morgan fingerprint density at radius 1 is 1.37 bits per heavy atom. The Morgan fingerprint density at radius 3 is 2.63 bits per heavy atom. The maximum atomic E-state index is 13.5. The van der Waals surface area contributed by atoms with Crippen molar-refractivity contribution in [3.05, 3.63) is 41.0 Å². The van der Waals surface area contributed by atoms with Gasteiger partial charge in [0.05, 0.1) is 12.8 Å². The van der Waals surface area contributed by atoms with Crippen molar-refractivity contribution in [1.29, 1.82) is 0 Å². The van der Waals surface area contributed by atoms with Crippen LogP contribution in [0.2, 0.25) is 0 Å². The van der Waals surface area contributed by atoms with Crippen molar-refractivity contribution >= 4 is 11.7 Å². The normalized spacial score (nSPS) is 11.3. The van der Waals surface area contributed by atoms with Crippen LogP contribution in [-0.4, -0.2) is 19.6 Å². The summed E-state index contributed by atoms with van der Waals surface area (Å²) in [6.07, 6.45) is 2.11. The number of carbonyl (C=O) groups is 1. The van der Waals surface area contributed by atoms with E-state index in [1.165, 1.54) is 14.0 Å². The molecule has 0 radical (unpaired) electrons. The van der Waals surface area contributed by atoms with Gasteiger partial charge in [0, 0.05) is 18.2 Å². The van der Waals surface area contributed by atoms with Gasteiger partial charge in [0.1, 0.15) is 11.6 Å². The molecule has 0 spiro atoms. The van der Waals surface area contributed by atoms with Crippen molar-refractivity contribution in [2.45, 2.75) is 20.3 Å². The van der Waals surface area contributed by atoms with E-state index >= 15 is 0 Å². The standard InChI is InChI=1S/C14H17F2NO2/c1-4-10(14(18)19-3)5-6-17-13-8-11(15)9(2)7-12(13)16/h5,7-8,17H,4,6H2,1-3H3/b10-5-. The number of ether oxygens (including phenoxy) is 1. The molecule has 104 valence electrons. The molecule has 0 atom stereocenters. The summed E-state index contributed by atoms with van der Waals surface area (Å²) in [4.78, 5) is 11.3. The summed E-state index contributed by atoms with van der Waals surface area (Å²) in [5.74, 6) is -1.42. The van der Waals surface area contributed by atoms with E-state index in [0.717, 1.165) is 12.1 Å². The predicted octanol–water partition coefficient (Wildman–Crippen LogP) is 3.19. The molecule has 0 aliphatic heterocycles. The molecule has 0 bridgehead atoms. The van der Waals surface area contributed by atoms with Crippen LogP contribution in [0.15, 0.2) is 23.8 Å². The van der Waals surface area contributed by atoms with Gasteiger partial charge >= 0.3 is 5.97 Å². The van der Waals surface area contributed by atoms with Crippen LogP contribution in [0.1, 0.15) is 18.9 Å². The average Bonchev–Trinajstić information content (AvgIpc) is 2.39. The number of esters is 1. The summed E-state index contributed by atoms with van der Waals surface area (Å²) in [5.41, 5.74) is 0.810. The van der Waals surface area contributed by atoms with Crippen molar-refractivity contribution in [3.63, 3.8) is 0 Å². The third-order valence-electron chi connectivity index (χ3n) is 2.72. The molecule has 0 saturated heterocycles. The highest BCUT2D eigenvalue weighted by atomic mass is 19.1. The van der Waals surface area contributed by atoms with Gasteiger partial charge in [-0.05, 0) is 25.0 Å². The van der Waals surface area contributed by atoms with E-state index < -0.39 is 17.6 Å². The summed E-state index contributed by atoms with van der Waals surface area (Å²) in [5, 5.41) is 2.73. The molecule has 0 saturated carbocycles. The maximum Gasteiger partial charge on any atom is 0.333 e. The first-order valence-electron chi connectivity index (χ1n) is 5.96. The molecule has 1 aromatic carbocycles. The lowest BCUT2D eigenvalue weighted by Crippen LogP contribution is -2.08. The average molecular weight is 269 g/mol. The van der Waals surface area contributed by atoms with Gasteiger partial charge in [-0.3, -0.25) is 0 Å². The van der Waals surface area contributed by atoms with Crippen LogP contribution in [0.3, 0.4) is 0 Å². The third-order valence-corrected chi connectivity index (χ3v) is 2.72. The number of carbonyl (C=O) groups excluding carboxylic acids is 1. The van der Waals surface area contributed by atoms with Gasteiger partial charge in [0.2, 0.25) is 0 Å². The second-order valence-electron chi connectivity index (χ2n) is 4.04. The van der Waals surface area contributed by atoms with E-state index in [1.807, 2.05) is 6.92 Å². The highest BCUT2D eigenvalue weighted by Crippen LogP contribution is 2.18. The number of hydrogen-bond acceptors (Lipinski definition) is 3. The SMILES string of the molecule is CC/C(=C/CNc1cc(F)c(C)cc1F)C(=O)OC. The van der Waals surface area contributed by atoms with Crippen LogP contribution >= 0.6 is 0 Å². The van der Waals surface area contributed by atoms with E-state index in [0.29, 0.717) is 12.0 Å². The number of halogens is 2. The van der Waals surface area contributed by atoms with Crippen molar-refractivity contribution < 1.29 is 18.3 Å². The quantitative estimate of drug-likeness (QED) is 0.659. The number of anilines is 1. The zero-order chi connectivity index (χ0) is 14.4. The predicted molar refractivity (Wildman–Crippen MR) is 70.0 cm³/mol. The zero-order valence-corrected chi connectivity index (χ0v) is 11.2. The van der Waals surface area contributed by atoms with Crippen LogP contribution in [-0.2, 0) is 9.53 Å². The first-order chi connectivity index (χ1) is 8.99. The first kappa shape index (κ1) is 15.1. The molecular formula is C14H17F2NO2. The van der Waals surface area contributed by atoms with Crippen LogP contribution in [0, 0.1) is 18.6 Å². The molecule has 0 heterocycles. The molecule has 1 rings (SSSR count). The molecular weight excluding hydrogens is 252 g/mol. The molecule has 0 aliphatic rings. The summed E-state index contributed by atoms with van der Waals surface area (Å²) in [6.45, 7) is 3.53. The number of rotatable bonds is 5. The lowest BCUT2D eigenvalue weighted by molar-refractivity contribution is -0.136.